The van der Waals surface area contributed by atoms with Crippen LogP contribution in [0.5, 0.6) is 0 Å². The first-order chi connectivity index (χ1) is 12.7. The van der Waals surface area contributed by atoms with E-state index in [4.69, 9.17) is 5.73 Å². The maximum Gasteiger partial charge on any atom is 0.251 e. The number of benzene rings is 1. The van der Waals surface area contributed by atoms with Crippen LogP contribution in [0.3, 0.4) is 0 Å². The molecule has 1 aliphatic rings. The van der Waals surface area contributed by atoms with Crippen LogP contribution >= 0.6 is 23.1 Å². The molecule has 26 heavy (non-hydrogen) atoms. The Hall–Kier alpha value is -1.83. The molecule has 1 fully saturated rings. The van der Waals surface area contributed by atoms with Gasteiger partial charge in [0.1, 0.15) is 0 Å². The van der Waals surface area contributed by atoms with E-state index in [2.05, 4.69) is 10.6 Å². The molecular formula is C19H23N3O2S2. The summed E-state index contributed by atoms with van der Waals surface area (Å²) in [4.78, 5) is 24.4. The fraction of sp³-hybridized carbons (Fsp3) is 0.368. The van der Waals surface area contributed by atoms with Crippen molar-refractivity contribution in [1.82, 2.24) is 5.32 Å². The van der Waals surface area contributed by atoms with Crippen molar-refractivity contribution in [3.05, 3.63) is 47.3 Å². The second-order valence-electron chi connectivity index (χ2n) is 6.35. The summed E-state index contributed by atoms with van der Waals surface area (Å²) in [5.74, 6) is 0.599. The summed E-state index contributed by atoms with van der Waals surface area (Å²) in [6.07, 6.45) is 3.18. The SMILES string of the molecule is NCC1CCCC1NC(=O)c1ccc(NC(=O)CSc2cccs2)cc1. The molecule has 1 aromatic carbocycles. The highest BCUT2D eigenvalue weighted by molar-refractivity contribution is 8.01. The number of hydrogen-bond acceptors (Lipinski definition) is 5. The van der Waals surface area contributed by atoms with E-state index in [-0.39, 0.29) is 17.9 Å². The Kier molecular flexibility index (Phi) is 6.71. The third-order valence-corrected chi connectivity index (χ3v) is 6.68. The molecule has 0 aliphatic heterocycles. The summed E-state index contributed by atoms with van der Waals surface area (Å²) < 4.78 is 1.12. The van der Waals surface area contributed by atoms with E-state index in [1.165, 1.54) is 11.8 Å². The molecule has 1 saturated carbocycles. The summed E-state index contributed by atoms with van der Waals surface area (Å²) in [6.45, 7) is 0.611. The van der Waals surface area contributed by atoms with Crippen LogP contribution in [0.25, 0.3) is 0 Å². The van der Waals surface area contributed by atoms with Crippen molar-refractivity contribution in [1.29, 1.82) is 0 Å². The maximum atomic E-state index is 12.4. The van der Waals surface area contributed by atoms with Gasteiger partial charge < -0.3 is 16.4 Å². The number of amides is 2. The Bertz CT molecular complexity index is 732. The molecular weight excluding hydrogens is 366 g/mol. The van der Waals surface area contributed by atoms with Crippen LogP contribution in [0, 0.1) is 5.92 Å². The number of thiophene rings is 1. The number of nitrogens with one attached hydrogen (secondary N) is 2. The zero-order valence-corrected chi connectivity index (χ0v) is 16.1. The standard InChI is InChI=1S/C19H23N3O2S2/c20-11-14-3-1-4-16(14)22-19(24)13-6-8-15(9-7-13)21-17(23)12-26-18-5-2-10-25-18/h2,5-10,14,16H,1,3-4,11-12,20H2,(H,21,23)(H,22,24). The van der Waals surface area contributed by atoms with Crippen molar-refractivity contribution in [2.24, 2.45) is 11.7 Å². The molecule has 1 aliphatic carbocycles. The van der Waals surface area contributed by atoms with E-state index in [9.17, 15) is 9.59 Å². The van der Waals surface area contributed by atoms with Crippen molar-refractivity contribution in [2.45, 2.75) is 29.5 Å². The Balaban J connectivity index is 1.49. The summed E-state index contributed by atoms with van der Waals surface area (Å²) in [6, 6.07) is 11.1. The van der Waals surface area contributed by atoms with Crippen molar-refractivity contribution < 1.29 is 9.59 Å². The smallest absolute Gasteiger partial charge is 0.251 e. The first-order valence-electron chi connectivity index (χ1n) is 8.73. The molecule has 5 nitrogen and oxygen atoms in total. The molecule has 4 N–H and O–H groups in total. The van der Waals surface area contributed by atoms with Gasteiger partial charge in [0.15, 0.2) is 0 Å². The highest BCUT2D eigenvalue weighted by atomic mass is 32.2. The molecule has 2 amide bonds. The van der Waals surface area contributed by atoms with Gasteiger partial charge in [-0.1, -0.05) is 12.5 Å². The quantitative estimate of drug-likeness (QED) is 0.634. The van der Waals surface area contributed by atoms with Crippen LogP contribution < -0.4 is 16.4 Å². The van der Waals surface area contributed by atoms with Gasteiger partial charge in [-0.3, -0.25) is 9.59 Å². The van der Waals surface area contributed by atoms with E-state index < -0.39 is 0 Å². The third kappa shape index (κ3) is 5.09. The van der Waals surface area contributed by atoms with Gasteiger partial charge in [0, 0.05) is 17.3 Å². The lowest BCUT2D eigenvalue weighted by atomic mass is 10.0. The Labute approximate surface area is 161 Å². The van der Waals surface area contributed by atoms with E-state index in [0.717, 1.165) is 23.5 Å². The lowest BCUT2D eigenvalue weighted by Gasteiger charge is -2.19. The number of anilines is 1. The number of carbonyl (C=O) groups is 2. The van der Waals surface area contributed by atoms with Crippen LogP contribution in [0.1, 0.15) is 29.6 Å². The minimum absolute atomic E-state index is 0.0580. The minimum Gasteiger partial charge on any atom is -0.349 e. The van der Waals surface area contributed by atoms with Gasteiger partial charge in [0.2, 0.25) is 5.91 Å². The van der Waals surface area contributed by atoms with E-state index in [1.807, 2.05) is 17.5 Å². The van der Waals surface area contributed by atoms with E-state index >= 15 is 0 Å². The Morgan fingerprint density at radius 2 is 2.00 bits per heavy atom. The van der Waals surface area contributed by atoms with Crippen LogP contribution in [0.2, 0.25) is 0 Å². The van der Waals surface area contributed by atoms with Gasteiger partial charge in [-0.25, -0.2) is 0 Å². The normalized spacial score (nSPS) is 19.3. The maximum absolute atomic E-state index is 12.4. The first-order valence-corrected chi connectivity index (χ1v) is 10.6. The summed E-state index contributed by atoms with van der Waals surface area (Å²) in [7, 11) is 0. The molecule has 138 valence electrons. The number of nitrogens with two attached hydrogens (primary N) is 1. The van der Waals surface area contributed by atoms with Crippen LogP contribution in [-0.4, -0.2) is 30.2 Å². The second-order valence-corrected chi connectivity index (χ2v) is 8.58. The number of rotatable bonds is 7. The third-order valence-electron chi connectivity index (χ3n) is 4.55. The molecule has 2 atom stereocenters. The zero-order chi connectivity index (χ0) is 18.4. The number of carbonyl (C=O) groups excluding carboxylic acids is 2. The summed E-state index contributed by atoms with van der Waals surface area (Å²) >= 11 is 3.14. The molecule has 3 rings (SSSR count). The highest BCUT2D eigenvalue weighted by Gasteiger charge is 2.27. The molecule has 2 aromatic rings. The van der Waals surface area contributed by atoms with Crippen LogP contribution in [-0.2, 0) is 4.79 Å². The monoisotopic (exact) mass is 389 g/mol. The molecule has 0 bridgehead atoms. The van der Waals surface area contributed by atoms with Crippen molar-refractivity contribution in [3.63, 3.8) is 0 Å². The predicted octanol–water partition coefficient (Wildman–Crippen LogP) is 3.34. The van der Waals surface area contributed by atoms with Crippen LogP contribution in [0.15, 0.2) is 46.0 Å². The van der Waals surface area contributed by atoms with Crippen molar-refractivity contribution in [3.8, 4) is 0 Å². The van der Waals surface area contributed by atoms with Crippen LogP contribution in [0.4, 0.5) is 5.69 Å². The fourth-order valence-corrected chi connectivity index (χ4v) is 4.73. The largest absolute Gasteiger partial charge is 0.349 e. The molecule has 0 radical (unpaired) electrons. The molecule has 1 heterocycles. The molecule has 7 heteroatoms. The molecule has 0 spiro atoms. The predicted molar refractivity (Wildman–Crippen MR) is 108 cm³/mol. The van der Waals surface area contributed by atoms with Gasteiger partial charge in [0.25, 0.3) is 5.91 Å². The van der Waals surface area contributed by atoms with E-state index in [1.54, 1.807) is 35.6 Å². The lowest BCUT2D eigenvalue weighted by molar-refractivity contribution is -0.113. The van der Waals surface area contributed by atoms with Gasteiger partial charge in [-0.05, 0) is 61.0 Å². The molecule has 2 unspecified atom stereocenters. The van der Waals surface area contributed by atoms with Gasteiger partial charge in [-0.15, -0.1) is 23.1 Å². The highest BCUT2D eigenvalue weighted by Crippen LogP contribution is 2.25. The van der Waals surface area contributed by atoms with Gasteiger partial charge in [0.05, 0.1) is 9.96 Å². The Morgan fingerprint density at radius 1 is 1.19 bits per heavy atom. The molecule has 0 saturated heterocycles. The lowest BCUT2D eigenvalue weighted by Crippen LogP contribution is -2.39. The second kappa shape index (κ2) is 9.21. The zero-order valence-electron chi connectivity index (χ0n) is 14.4. The van der Waals surface area contributed by atoms with Crippen molar-refractivity contribution >= 4 is 40.6 Å². The average Bonchev–Trinajstić information content (AvgIpc) is 3.32. The minimum atomic E-state index is -0.0820. The number of thioether (sulfide) groups is 1. The summed E-state index contributed by atoms with van der Waals surface area (Å²) in [5.41, 5.74) is 7.06. The topological polar surface area (TPSA) is 84.2 Å². The van der Waals surface area contributed by atoms with Crippen molar-refractivity contribution in [2.75, 3.05) is 17.6 Å². The van der Waals surface area contributed by atoms with Gasteiger partial charge >= 0.3 is 0 Å². The fourth-order valence-electron chi connectivity index (χ4n) is 3.14. The van der Waals surface area contributed by atoms with Gasteiger partial charge in [-0.2, -0.15) is 0 Å². The first kappa shape index (κ1) is 18.9. The Morgan fingerprint density at radius 3 is 2.69 bits per heavy atom. The van der Waals surface area contributed by atoms with E-state index in [0.29, 0.717) is 29.5 Å². The number of hydrogen-bond donors (Lipinski definition) is 3. The average molecular weight is 390 g/mol. The summed E-state index contributed by atoms with van der Waals surface area (Å²) in [5, 5.41) is 7.93. The molecule has 1 aromatic heterocycles.